The third-order valence-corrected chi connectivity index (χ3v) is 2.66. The van der Waals surface area contributed by atoms with Gasteiger partial charge >= 0.3 is 16.4 Å². The first-order chi connectivity index (χ1) is 7.71. The van der Waals surface area contributed by atoms with Crippen molar-refractivity contribution in [1.29, 1.82) is 0 Å². The van der Waals surface area contributed by atoms with Gasteiger partial charge in [-0.3, -0.25) is 9.38 Å². The predicted molar refractivity (Wildman–Crippen MR) is 46.3 cm³/mol. The fraction of sp³-hybridized carbons (Fsp3) is 0.143. The molecule has 92 valence electrons. The molecule has 17 heavy (non-hydrogen) atoms. The lowest BCUT2D eigenvalue weighted by atomic mass is 10.5. The summed E-state index contributed by atoms with van der Waals surface area (Å²) in [4.78, 5) is 6.19. The summed E-state index contributed by atoms with van der Waals surface area (Å²) in [5.74, 6) is -1.52. The van der Waals surface area contributed by atoms with Crippen molar-refractivity contribution in [2.45, 2.75) is 11.2 Å². The Kier molecular flexibility index (Phi) is 2.35. The lowest BCUT2D eigenvalue weighted by Gasteiger charge is -2.03. The Labute approximate surface area is 91.9 Å². The highest BCUT2D eigenvalue weighted by Gasteiger charge is 2.39. The molecule has 0 amide bonds. The second-order valence-corrected chi connectivity index (χ2v) is 4.27. The number of fused-ring (bicyclic) bond motifs is 1. The molecule has 0 aromatic carbocycles. The van der Waals surface area contributed by atoms with Crippen LogP contribution in [0.3, 0.4) is 0 Å². The molecule has 2 rings (SSSR count). The number of imidazole rings is 1. The van der Waals surface area contributed by atoms with E-state index in [2.05, 4.69) is 9.97 Å². The fourth-order valence-electron chi connectivity index (χ4n) is 1.29. The normalized spacial score (nSPS) is 13.2. The highest BCUT2D eigenvalue weighted by molar-refractivity contribution is 7.86. The lowest BCUT2D eigenvalue weighted by molar-refractivity contribution is -0.145. The second-order valence-electron chi connectivity index (χ2n) is 3.01. The predicted octanol–water partition coefficient (Wildman–Crippen LogP) is 1.41. The molecular formula is C7H3F4N3O2S. The van der Waals surface area contributed by atoms with Gasteiger partial charge in [0, 0.05) is 12.4 Å². The Hall–Kier alpha value is -1.71. The van der Waals surface area contributed by atoms with Crippen LogP contribution in [0.4, 0.5) is 17.1 Å². The summed E-state index contributed by atoms with van der Waals surface area (Å²) in [6.45, 7) is 0. The largest absolute Gasteiger partial charge is 0.450 e. The molecule has 2 heterocycles. The topological polar surface area (TPSA) is 64.3 Å². The highest BCUT2D eigenvalue weighted by Crippen LogP contribution is 2.31. The molecule has 5 nitrogen and oxygen atoms in total. The van der Waals surface area contributed by atoms with E-state index >= 15 is 0 Å². The van der Waals surface area contributed by atoms with Gasteiger partial charge in [0.25, 0.3) is 0 Å². The van der Waals surface area contributed by atoms with Crippen LogP contribution in [0.5, 0.6) is 0 Å². The SMILES string of the molecule is O=S(=O)(F)c1nc(C(F)(F)F)n2ccncc12. The van der Waals surface area contributed by atoms with Crippen molar-refractivity contribution in [3.05, 3.63) is 24.4 Å². The monoisotopic (exact) mass is 269 g/mol. The summed E-state index contributed by atoms with van der Waals surface area (Å²) in [7, 11) is -5.34. The Morgan fingerprint density at radius 2 is 1.94 bits per heavy atom. The summed E-state index contributed by atoms with van der Waals surface area (Å²) < 4.78 is 72.0. The fourth-order valence-corrected chi connectivity index (χ4v) is 1.89. The van der Waals surface area contributed by atoms with E-state index in [4.69, 9.17) is 0 Å². The molecule has 0 N–H and O–H groups in total. The van der Waals surface area contributed by atoms with Crippen molar-refractivity contribution in [1.82, 2.24) is 14.4 Å². The molecule has 0 bridgehead atoms. The number of nitrogens with zero attached hydrogens (tertiary/aromatic N) is 3. The Morgan fingerprint density at radius 1 is 1.29 bits per heavy atom. The van der Waals surface area contributed by atoms with Crippen molar-refractivity contribution in [3.63, 3.8) is 0 Å². The zero-order valence-corrected chi connectivity index (χ0v) is 8.63. The van der Waals surface area contributed by atoms with Crippen LogP contribution in [0.1, 0.15) is 5.82 Å². The van der Waals surface area contributed by atoms with Gasteiger partial charge in [-0.2, -0.15) is 21.6 Å². The van der Waals surface area contributed by atoms with E-state index in [-0.39, 0.29) is 0 Å². The molecule has 0 aliphatic heterocycles. The molecule has 10 heteroatoms. The van der Waals surface area contributed by atoms with E-state index in [9.17, 15) is 25.5 Å². The molecule has 0 spiro atoms. The van der Waals surface area contributed by atoms with Crippen LogP contribution in [0.15, 0.2) is 23.6 Å². The van der Waals surface area contributed by atoms with Gasteiger partial charge in [0.1, 0.15) is 5.52 Å². The van der Waals surface area contributed by atoms with Gasteiger partial charge in [-0.15, -0.1) is 0 Å². The van der Waals surface area contributed by atoms with Gasteiger partial charge in [-0.25, -0.2) is 4.98 Å². The zero-order chi connectivity index (χ0) is 12.8. The molecule has 0 radical (unpaired) electrons. The summed E-state index contributed by atoms with van der Waals surface area (Å²) in [6, 6.07) is 0. The second kappa shape index (κ2) is 3.39. The molecule has 0 aliphatic carbocycles. The van der Waals surface area contributed by atoms with Crippen LogP contribution in [0.25, 0.3) is 5.52 Å². The maximum absolute atomic E-state index is 12.8. The van der Waals surface area contributed by atoms with E-state index in [0.717, 1.165) is 18.6 Å². The standard InChI is InChI=1S/C7H3F4N3O2S/c8-7(9,10)6-13-5(17(11,15)16)4-3-12-1-2-14(4)6/h1-3H. The average molecular weight is 269 g/mol. The molecular weight excluding hydrogens is 266 g/mol. The first-order valence-electron chi connectivity index (χ1n) is 4.05. The quantitative estimate of drug-likeness (QED) is 0.580. The van der Waals surface area contributed by atoms with Gasteiger partial charge in [0.2, 0.25) is 10.9 Å². The average Bonchev–Trinajstić information content (AvgIpc) is 2.55. The Balaban J connectivity index is 2.91. The first kappa shape index (κ1) is 11.8. The number of hydrogen-bond donors (Lipinski definition) is 0. The van der Waals surface area contributed by atoms with E-state index in [0.29, 0.717) is 4.40 Å². The maximum Gasteiger partial charge on any atom is 0.450 e. The van der Waals surface area contributed by atoms with Crippen molar-refractivity contribution in [2.24, 2.45) is 0 Å². The minimum Gasteiger partial charge on any atom is -0.292 e. The van der Waals surface area contributed by atoms with Crippen molar-refractivity contribution < 1.29 is 25.5 Å². The Morgan fingerprint density at radius 3 is 2.47 bits per heavy atom. The molecule has 0 saturated carbocycles. The molecule has 0 fully saturated rings. The van der Waals surface area contributed by atoms with E-state index in [1.165, 1.54) is 0 Å². The molecule has 0 saturated heterocycles. The van der Waals surface area contributed by atoms with Crippen LogP contribution < -0.4 is 0 Å². The van der Waals surface area contributed by atoms with Gasteiger partial charge < -0.3 is 0 Å². The minimum absolute atomic E-state index is 0.416. The number of rotatable bonds is 1. The van der Waals surface area contributed by atoms with Crippen molar-refractivity contribution in [3.8, 4) is 0 Å². The third kappa shape index (κ3) is 1.95. The van der Waals surface area contributed by atoms with Crippen LogP contribution in [-0.4, -0.2) is 22.8 Å². The van der Waals surface area contributed by atoms with Gasteiger partial charge in [-0.1, -0.05) is 3.89 Å². The van der Waals surface area contributed by atoms with E-state index < -0.39 is 32.8 Å². The molecule has 2 aromatic rings. The highest BCUT2D eigenvalue weighted by atomic mass is 32.3. The van der Waals surface area contributed by atoms with Crippen LogP contribution in [0, 0.1) is 0 Å². The summed E-state index contributed by atoms with van der Waals surface area (Å²) >= 11 is 0. The first-order valence-corrected chi connectivity index (χ1v) is 5.43. The lowest BCUT2D eigenvalue weighted by Crippen LogP contribution is -2.10. The smallest absolute Gasteiger partial charge is 0.292 e. The summed E-state index contributed by atoms with van der Waals surface area (Å²) in [5, 5.41) is -1.29. The van der Waals surface area contributed by atoms with Crippen LogP contribution >= 0.6 is 0 Å². The summed E-state index contributed by atoms with van der Waals surface area (Å²) in [6.07, 6.45) is -2.26. The molecule has 0 unspecified atom stereocenters. The maximum atomic E-state index is 12.8. The summed E-state index contributed by atoms with van der Waals surface area (Å²) in [5.41, 5.74) is -0.567. The third-order valence-electron chi connectivity index (χ3n) is 1.90. The number of alkyl halides is 3. The van der Waals surface area contributed by atoms with Crippen LogP contribution in [-0.2, 0) is 16.4 Å². The number of hydrogen-bond acceptors (Lipinski definition) is 4. The van der Waals surface area contributed by atoms with E-state index in [1.807, 2.05) is 0 Å². The molecule has 0 atom stereocenters. The van der Waals surface area contributed by atoms with Gasteiger partial charge in [-0.05, 0) is 0 Å². The van der Waals surface area contributed by atoms with Crippen LogP contribution in [0.2, 0.25) is 0 Å². The minimum atomic E-state index is -5.34. The van der Waals surface area contributed by atoms with E-state index in [1.54, 1.807) is 0 Å². The number of aromatic nitrogens is 3. The van der Waals surface area contributed by atoms with Crippen molar-refractivity contribution in [2.75, 3.05) is 0 Å². The molecule has 2 aromatic heterocycles. The Bertz CT molecular complexity index is 676. The van der Waals surface area contributed by atoms with Gasteiger partial charge in [0.15, 0.2) is 0 Å². The zero-order valence-electron chi connectivity index (χ0n) is 7.81. The van der Waals surface area contributed by atoms with Crippen molar-refractivity contribution >= 4 is 15.7 Å². The number of halogens is 4. The molecule has 0 aliphatic rings. The van der Waals surface area contributed by atoms with Gasteiger partial charge in [0.05, 0.1) is 6.20 Å².